The number of carbonyl (C=O) groups is 2. The van der Waals surface area contributed by atoms with Gasteiger partial charge >= 0.3 is 5.97 Å². The fraction of sp³-hybridized carbons (Fsp3) is 0.692. The topological polar surface area (TPSA) is 43.4 Å². The lowest BCUT2D eigenvalue weighted by molar-refractivity contribution is -0.154. The lowest BCUT2D eigenvalue weighted by atomic mass is 9.71. The highest BCUT2D eigenvalue weighted by atomic mass is 16.5. The average molecular weight is 224 g/mol. The van der Waals surface area contributed by atoms with Gasteiger partial charge in [0.1, 0.15) is 0 Å². The molecule has 1 fully saturated rings. The second-order valence-electron chi connectivity index (χ2n) is 5.43. The molecule has 0 heterocycles. The Labute approximate surface area is 96.9 Å². The van der Waals surface area contributed by atoms with Crippen molar-refractivity contribution in [2.45, 2.75) is 46.1 Å². The van der Waals surface area contributed by atoms with Crippen molar-refractivity contribution in [2.75, 3.05) is 0 Å². The van der Waals surface area contributed by atoms with Gasteiger partial charge in [-0.1, -0.05) is 27.4 Å². The fourth-order valence-corrected chi connectivity index (χ4v) is 2.07. The Morgan fingerprint density at radius 3 is 2.62 bits per heavy atom. The van der Waals surface area contributed by atoms with E-state index in [0.29, 0.717) is 18.8 Å². The quantitative estimate of drug-likeness (QED) is 0.534. The fourth-order valence-electron chi connectivity index (χ4n) is 2.07. The van der Waals surface area contributed by atoms with Gasteiger partial charge in [0, 0.05) is 12.5 Å². The van der Waals surface area contributed by atoms with Crippen LogP contribution in [-0.4, -0.2) is 17.9 Å². The van der Waals surface area contributed by atoms with Crippen LogP contribution in [0.1, 0.15) is 40.0 Å². The first-order valence-electron chi connectivity index (χ1n) is 5.70. The molecule has 1 rings (SSSR count). The number of Topliss-reactive ketones (excluding diaryl/α,β-unsaturated/α-hetero) is 1. The summed E-state index contributed by atoms with van der Waals surface area (Å²) >= 11 is 0. The molecule has 0 spiro atoms. The van der Waals surface area contributed by atoms with Gasteiger partial charge in [-0.25, -0.2) is 4.79 Å². The highest BCUT2D eigenvalue weighted by molar-refractivity contribution is 5.88. The summed E-state index contributed by atoms with van der Waals surface area (Å²) in [5.41, 5.74) is 0.152. The van der Waals surface area contributed by atoms with Crippen LogP contribution in [0, 0.1) is 11.3 Å². The molecule has 0 aliphatic heterocycles. The summed E-state index contributed by atoms with van der Waals surface area (Å²) in [5, 5.41) is 0. The molecule has 0 aromatic heterocycles. The molecule has 0 aromatic carbocycles. The largest absolute Gasteiger partial charge is 0.451 e. The predicted octanol–water partition coefficient (Wildman–Crippen LogP) is 2.50. The van der Waals surface area contributed by atoms with E-state index >= 15 is 0 Å². The van der Waals surface area contributed by atoms with Crippen LogP contribution < -0.4 is 0 Å². The van der Waals surface area contributed by atoms with Crippen molar-refractivity contribution >= 4 is 11.8 Å². The number of hydrogen-bond acceptors (Lipinski definition) is 3. The summed E-state index contributed by atoms with van der Waals surface area (Å²) in [7, 11) is 0. The molecule has 0 amide bonds. The average Bonchev–Trinajstić information content (AvgIpc) is 2.19. The minimum atomic E-state index is -0.566. The van der Waals surface area contributed by atoms with E-state index in [4.69, 9.17) is 4.74 Å². The molecule has 1 aliphatic carbocycles. The molecule has 90 valence electrons. The van der Waals surface area contributed by atoms with Gasteiger partial charge in [0.15, 0.2) is 11.9 Å². The lowest BCUT2D eigenvalue weighted by Gasteiger charge is -2.36. The van der Waals surface area contributed by atoms with Crippen molar-refractivity contribution in [1.29, 1.82) is 0 Å². The summed E-state index contributed by atoms with van der Waals surface area (Å²) in [4.78, 5) is 22.7. The maximum absolute atomic E-state index is 11.6. The van der Waals surface area contributed by atoms with Gasteiger partial charge in [-0.15, -0.1) is 0 Å². The van der Waals surface area contributed by atoms with Crippen LogP contribution in [0.5, 0.6) is 0 Å². The van der Waals surface area contributed by atoms with Gasteiger partial charge in [0.2, 0.25) is 0 Å². The highest BCUT2D eigenvalue weighted by Crippen LogP contribution is 2.37. The van der Waals surface area contributed by atoms with Gasteiger partial charge in [-0.3, -0.25) is 4.79 Å². The van der Waals surface area contributed by atoms with E-state index in [-0.39, 0.29) is 11.2 Å². The molecule has 16 heavy (non-hydrogen) atoms. The molecule has 1 aliphatic rings. The first-order chi connectivity index (χ1) is 7.34. The molecule has 0 radical (unpaired) electrons. The number of ether oxygens (including phenoxy) is 1. The Balaban J connectivity index is 2.65. The predicted molar refractivity (Wildman–Crippen MR) is 61.9 cm³/mol. The first kappa shape index (κ1) is 12.9. The Morgan fingerprint density at radius 2 is 2.12 bits per heavy atom. The van der Waals surface area contributed by atoms with Crippen LogP contribution in [0.3, 0.4) is 0 Å². The Morgan fingerprint density at radius 1 is 1.50 bits per heavy atom. The molecular formula is C13H20O3. The van der Waals surface area contributed by atoms with E-state index in [9.17, 15) is 9.59 Å². The maximum Gasteiger partial charge on any atom is 0.330 e. The molecule has 3 nitrogen and oxygen atoms in total. The molecule has 2 atom stereocenters. The van der Waals surface area contributed by atoms with E-state index < -0.39 is 12.1 Å². The summed E-state index contributed by atoms with van der Waals surface area (Å²) in [6, 6.07) is 0. The molecule has 1 saturated carbocycles. The summed E-state index contributed by atoms with van der Waals surface area (Å²) < 4.78 is 5.07. The van der Waals surface area contributed by atoms with E-state index in [0.717, 1.165) is 12.5 Å². The Hall–Kier alpha value is -1.12. The van der Waals surface area contributed by atoms with Crippen molar-refractivity contribution in [3.8, 4) is 0 Å². The molecule has 0 aromatic rings. The van der Waals surface area contributed by atoms with Gasteiger partial charge in [0.25, 0.3) is 0 Å². The molecule has 3 heteroatoms. The third-order valence-corrected chi connectivity index (χ3v) is 3.25. The monoisotopic (exact) mass is 224 g/mol. The lowest BCUT2D eigenvalue weighted by Crippen LogP contribution is -2.37. The third-order valence-electron chi connectivity index (χ3n) is 3.25. The maximum atomic E-state index is 11.6. The van der Waals surface area contributed by atoms with Crippen molar-refractivity contribution in [1.82, 2.24) is 0 Å². The van der Waals surface area contributed by atoms with E-state index in [1.54, 1.807) is 0 Å². The van der Waals surface area contributed by atoms with Crippen molar-refractivity contribution in [3.63, 3.8) is 0 Å². The van der Waals surface area contributed by atoms with Crippen molar-refractivity contribution in [2.24, 2.45) is 11.3 Å². The molecular weight excluding hydrogens is 204 g/mol. The summed E-state index contributed by atoms with van der Waals surface area (Å²) in [6.45, 7) is 9.79. The van der Waals surface area contributed by atoms with E-state index in [1.165, 1.54) is 0 Å². The first-order valence-corrected chi connectivity index (χ1v) is 5.70. The van der Waals surface area contributed by atoms with Crippen LogP contribution in [0.2, 0.25) is 0 Å². The Kier molecular flexibility index (Phi) is 3.89. The number of hydrogen-bond donors (Lipinski definition) is 0. The van der Waals surface area contributed by atoms with E-state index in [1.807, 2.05) is 0 Å². The Bertz CT molecular complexity index is 299. The second kappa shape index (κ2) is 4.81. The zero-order chi connectivity index (χ0) is 12.3. The smallest absolute Gasteiger partial charge is 0.330 e. The zero-order valence-electron chi connectivity index (χ0n) is 10.3. The zero-order valence-corrected chi connectivity index (χ0v) is 10.3. The van der Waals surface area contributed by atoms with Crippen LogP contribution >= 0.6 is 0 Å². The molecule has 0 bridgehead atoms. The number of carbonyl (C=O) groups excluding carboxylic acids is 2. The minimum Gasteiger partial charge on any atom is -0.451 e. The minimum absolute atomic E-state index is 0.0377. The number of esters is 1. The van der Waals surface area contributed by atoms with Crippen molar-refractivity contribution < 1.29 is 14.3 Å². The highest BCUT2D eigenvalue weighted by Gasteiger charge is 2.36. The SMILES string of the molecule is C=CC(=O)OC1CC(C(C)(C)C)CCC1=O. The van der Waals surface area contributed by atoms with Crippen molar-refractivity contribution in [3.05, 3.63) is 12.7 Å². The third kappa shape index (κ3) is 3.19. The van der Waals surface area contributed by atoms with Crippen LogP contribution in [0.25, 0.3) is 0 Å². The summed E-state index contributed by atoms with van der Waals surface area (Å²) in [5.74, 6) is -0.0450. The normalized spacial score (nSPS) is 26.3. The molecule has 2 unspecified atom stereocenters. The second-order valence-corrected chi connectivity index (χ2v) is 5.43. The van der Waals surface area contributed by atoms with Crippen LogP contribution in [-0.2, 0) is 14.3 Å². The van der Waals surface area contributed by atoms with Crippen LogP contribution in [0.4, 0.5) is 0 Å². The molecule has 0 saturated heterocycles. The van der Waals surface area contributed by atoms with Gasteiger partial charge in [-0.05, 0) is 24.2 Å². The van der Waals surface area contributed by atoms with Gasteiger partial charge in [-0.2, -0.15) is 0 Å². The summed E-state index contributed by atoms with van der Waals surface area (Å²) in [6.07, 6.45) is 2.58. The standard InChI is InChI=1S/C13H20O3/c1-5-12(15)16-11-8-9(13(2,3)4)6-7-10(11)14/h5,9,11H,1,6-8H2,2-4H3. The number of ketones is 1. The van der Waals surface area contributed by atoms with Gasteiger partial charge in [0.05, 0.1) is 0 Å². The van der Waals surface area contributed by atoms with E-state index in [2.05, 4.69) is 27.4 Å². The van der Waals surface area contributed by atoms with Crippen LogP contribution in [0.15, 0.2) is 12.7 Å². The number of rotatable bonds is 2. The molecule has 0 N–H and O–H groups in total. The van der Waals surface area contributed by atoms with Gasteiger partial charge < -0.3 is 4.74 Å².